The third-order valence-corrected chi connectivity index (χ3v) is 8.06. The molecule has 0 amide bonds. The summed E-state index contributed by atoms with van der Waals surface area (Å²) in [6.07, 6.45) is 6.92. The van der Waals surface area contributed by atoms with Gasteiger partial charge in [-0.05, 0) is 59.7 Å². The molecule has 1 nitrogen and oxygen atoms in total. The van der Waals surface area contributed by atoms with Crippen LogP contribution in [0.25, 0.3) is 0 Å². The van der Waals surface area contributed by atoms with E-state index < -0.39 is 0 Å². The molecule has 0 radical (unpaired) electrons. The maximum atomic E-state index is 12.2. The second kappa shape index (κ2) is 1.55. The minimum atomic E-state index is 0.582. The van der Waals surface area contributed by atoms with E-state index >= 15 is 0 Å². The number of ketones is 1. The molecule has 0 aromatic heterocycles. The molecule has 7 aliphatic rings. The third kappa shape index (κ3) is 0.353. The van der Waals surface area contributed by atoms with E-state index in [0.29, 0.717) is 17.1 Å². The molecular formula is C14H16O. The fraction of sp³-hybridized carbons (Fsp3) is 0.929. The molecular weight excluding hydrogens is 184 g/mol. The van der Waals surface area contributed by atoms with Crippen molar-refractivity contribution in [3.63, 3.8) is 0 Å². The van der Waals surface area contributed by atoms with Gasteiger partial charge in [-0.15, -0.1) is 0 Å². The first kappa shape index (κ1) is 7.09. The van der Waals surface area contributed by atoms with Gasteiger partial charge in [-0.1, -0.05) is 6.42 Å². The van der Waals surface area contributed by atoms with Gasteiger partial charge >= 0.3 is 0 Å². The second-order valence-electron chi connectivity index (χ2n) is 7.30. The van der Waals surface area contributed by atoms with Gasteiger partial charge in [-0.3, -0.25) is 4.79 Å². The number of hydrogen-bond acceptors (Lipinski definition) is 1. The first-order valence-electron chi connectivity index (χ1n) is 6.85. The van der Waals surface area contributed by atoms with Gasteiger partial charge in [0.2, 0.25) is 0 Å². The lowest BCUT2D eigenvalue weighted by Crippen LogP contribution is -2.83. The fourth-order valence-electron chi connectivity index (χ4n) is 8.55. The van der Waals surface area contributed by atoms with Gasteiger partial charge < -0.3 is 0 Å². The van der Waals surface area contributed by atoms with Gasteiger partial charge in [0.1, 0.15) is 5.78 Å². The van der Waals surface area contributed by atoms with Crippen molar-refractivity contribution >= 4 is 5.78 Å². The minimum absolute atomic E-state index is 0.582. The Bertz CT molecular complexity index is 441. The first-order valence-corrected chi connectivity index (χ1v) is 6.85. The molecule has 0 aromatic rings. The predicted molar refractivity (Wildman–Crippen MR) is 53.9 cm³/mol. The molecule has 7 aliphatic carbocycles. The maximum Gasteiger partial charge on any atom is 0.137 e. The normalized spacial score (nSPS) is 79.3. The van der Waals surface area contributed by atoms with E-state index in [1.165, 1.54) is 25.7 Å². The van der Waals surface area contributed by atoms with Crippen LogP contribution in [0, 0.1) is 46.3 Å². The van der Waals surface area contributed by atoms with E-state index in [1.807, 2.05) is 0 Å². The highest BCUT2D eigenvalue weighted by atomic mass is 16.1. The fourth-order valence-corrected chi connectivity index (χ4v) is 8.55. The largest absolute Gasteiger partial charge is 0.299 e. The molecule has 8 unspecified atom stereocenters. The summed E-state index contributed by atoms with van der Waals surface area (Å²) in [4.78, 5) is 12.2. The molecule has 0 N–H and O–H groups in total. The summed E-state index contributed by atoms with van der Waals surface area (Å²) in [5, 5.41) is 0. The van der Waals surface area contributed by atoms with Gasteiger partial charge in [-0.25, -0.2) is 0 Å². The van der Waals surface area contributed by atoms with E-state index in [1.54, 1.807) is 0 Å². The molecule has 7 fully saturated rings. The minimum Gasteiger partial charge on any atom is -0.299 e. The van der Waals surface area contributed by atoms with Crippen molar-refractivity contribution in [2.24, 2.45) is 46.3 Å². The highest BCUT2D eigenvalue weighted by Gasteiger charge is 2.96. The molecule has 78 valence electrons. The molecule has 0 heterocycles. The van der Waals surface area contributed by atoms with E-state index in [0.717, 1.165) is 41.4 Å². The van der Waals surface area contributed by atoms with E-state index in [9.17, 15) is 4.79 Å². The third-order valence-electron chi connectivity index (χ3n) is 8.06. The maximum absolute atomic E-state index is 12.2. The highest BCUT2D eigenvalue weighted by Crippen LogP contribution is 2.99. The molecule has 15 heavy (non-hydrogen) atoms. The van der Waals surface area contributed by atoms with Crippen LogP contribution in [0.2, 0.25) is 0 Å². The van der Waals surface area contributed by atoms with Crippen LogP contribution >= 0.6 is 0 Å². The molecule has 2 spiro atoms. The summed E-state index contributed by atoms with van der Waals surface area (Å²) in [6.45, 7) is 0. The van der Waals surface area contributed by atoms with Crippen LogP contribution in [0.1, 0.15) is 32.1 Å². The van der Waals surface area contributed by atoms with Gasteiger partial charge in [0.05, 0.1) is 0 Å². The lowest BCUT2D eigenvalue weighted by atomic mass is 9.18. The summed E-state index contributed by atoms with van der Waals surface area (Å²) >= 11 is 0. The Kier molecular flexibility index (Phi) is 0.730. The van der Waals surface area contributed by atoms with Crippen LogP contribution in [0.4, 0.5) is 0 Å². The lowest BCUT2D eigenvalue weighted by Gasteiger charge is -2.84. The molecule has 0 aliphatic heterocycles. The molecule has 7 saturated carbocycles. The number of carbonyl (C=O) groups excluding carboxylic acids is 1. The van der Waals surface area contributed by atoms with Crippen LogP contribution in [0.15, 0.2) is 0 Å². The van der Waals surface area contributed by atoms with Crippen molar-refractivity contribution in [2.75, 3.05) is 0 Å². The summed E-state index contributed by atoms with van der Waals surface area (Å²) in [6, 6.07) is 0. The van der Waals surface area contributed by atoms with Crippen molar-refractivity contribution < 1.29 is 4.79 Å². The van der Waals surface area contributed by atoms with Gasteiger partial charge in [0.15, 0.2) is 0 Å². The summed E-state index contributed by atoms with van der Waals surface area (Å²) in [7, 11) is 0. The summed E-state index contributed by atoms with van der Waals surface area (Å²) in [5.41, 5.74) is 1.37. The van der Waals surface area contributed by atoms with Crippen molar-refractivity contribution in [3.8, 4) is 0 Å². The number of rotatable bonds is 0. The average molecular weight is 200 g/mol. The zero-order chi connectivity index (χ0) is 9.58. The first-order chi connectivity index (χ1) is 7.32. The number of Topliss-reactive ketones (excluding diaryl/α,β-unsaturated/α-hetero) is 1. The van der Waals surface area contributed by atoms with E-state index in [2.05, 4.69) is 0 Å². The van der Waals surface area contributed by atoms with Crippen molar-refractivity contribution in [1.29, 1.82) is 0 Å². The molecule has 8 atom stereocenters. The Morgan fingerprint density at radius 3 is 2.93 bits per heavy atom. The predicted octanol–water partition coefficient (Wildman–Crippen LogP) is 2.26. The quantitative estimate of drug-likeness (QED) is 0.586. The number of carbonyl (C=O) groups is 1. The Labute approximate surface area is 89.6 Å². The van der Waals surface area contributed by atoms with Crippen LogP contribution in [-0.2, 0) is 4.79 Å². The Hall–Kier alpha value is -0.330. The summed E-state index contributed by atoms with van der Waals surface area (Å²) in [5.74, 6) is 6.22. The van der Waals surface area contributed by atoms with Gasteiger partial charge in [0, 0.05) is 12.3 Å². The standard InChI is InChI=1S/C14H16O/c15-9-5-7-6-4-8-11-10(6)12(9)14(11)3-1-2-13(7,8)14/h6-8,10-12H,1-5H2. The SMILES string of the molecule is O=C1CC2C3CC4C5C3C1C51CCCC241. The monoisotopic (exact) mass is 200 g/mol. The van der Waals surface area contributed by atoms with E-state index in [-0.39, 0.29) is 0 Å². The van der Waals surface area contributed by atoms with Crippen molar-refractivity contribution in [2.45, 2.75) is 32.1 Å². The lowest BCUT2D eigenvalue weighted by molar-refractivity contribution is -0.365. The average Bonchev–Trinajstić information content (AvgIpc) is 2.76. The van der Waals surface area contributed by atoms with Crippen molar-refractivity contribution in [3.05, 3.63) is 0 Å². The van der Waals surface area contributed by atoms with Crippen molar-refractivity contribution in [1.82, 2.24) is 0 Å². The molecule has 0 aromatic carbocycles. The zero-order valence-electron chi connectivity index (χ0n) is 8.91. The van der Waals surface area contributed by atoms with Crippen LogP contribution in [-0.4, -0.2) is 5.78 Å². The van der Waals surface area contributed by atoms with Gasteiger partial charge in [0.25, 0.3) is 0 Å². The van der Waals surface area contributed by atoms with Crippen LogP contribution in [0.3, 0.4) is 0 Å². The number of fused-ring (bicyclic) bond motifs is 1. The highest BCUT2D eigenvalue weighted by molar-refractivity contribution is 5.88. The second-order valence-corrected chi connectivity index (χ2v) is 7.30. The topological polar surface area (TPSA) is 17.1 Å². The Balaban J connectivity index is 1.74. The molecule has 0 saturated heterocycles. The van der Waals surface area contributed by atoms with Gasteiger partial charge in [-0.2, -0.15) is 0 Å². The van der Waals surface area contributed by atoms with E-state index in [4.69, 9.17) is 0 Å². The zero-order valence-corrected chi connectivity index (χ0v) is 8.91. The van der Waals surface area contributed by atoms with Crippen LogP contribution < -0.4 is 0 Å². The molecule has 1 heteroatoms. The molecule has 4 bridgehead atoms. The molecule has 7 rings (SSSR count). The Morgan fingerprint density at radius 1 is 1.13 bits per heavy atom. The Morgan fingerprint density at radius 2 is 2.00 bits per heavy atom. The number of hydrogen-bond donors (Lipinski definition) is 0. The summed E-state index contributed by atoms with van der Waals surface area (Å²) < 4.78 is 0. The smallest absolute Gasteiger partial charge is 0.137 e. The van der Waals surface area contributed by atoms with Crippen LogP contribution in [0.5, 0.6) is 0 Å².